The summed E-state index contributed by atoms with van der Waals surface area (Å²) in [5.74, 6) is -1.54. The number of amides is 2. The third-order valence-electron chi connectivity index (χ3n) is 3.16. The molecule has 0 radical (unpaired) electrons. The zero-order valence-corrected chi connectivity index (χ0v) is 17.7. The highest BCUT2D eigenvalue weighted by Gasteiger charge is 2.20. The summed E-state index contributed by atoms with van der Waals surface area (Å²) in [6.45, 7) is 5.23. The number of benzene rings is 1. The van der Waals surface area contributed by atoms with Crippen molar-refractivity contribution < 1.29 is 19.1 Å². The summed E-state index contributed by atoms with van der Waals surface area (Å²) in [5.41, 5.74) is -0.326. The molecule has 2 rings (SSSR count). The van der Waals surface area contributed by atoms with Crippen molar-refractivity contribution in [1.82, 2.24) is 10.2 Å². The number of H-pyrrole nitrogens is 1. The average Bonchev–Trinajstić information content (AvgIpc) is 2.94. The van der Waals surface area contributed by atoms with Crippen molar-refractivity contribution in [1.29, 1.82) is 0 Å². The normalized spacial score (nSPS) is 11.5. The maximum atomic E-state index is 12.3. The highest BCUT2D eigenvalue weighted by Crippen LogP contribution is 2.25. The predicted molar refractivity (Wildman–Crippen MR) is 109 cm³/mol. The first-order chi connectivity index (χ1) is 13.1. The molecule has 10 heteroatoms. The minimum Gasteiger partial charge on any atom is -0.460 e. The van der Waals surface area contributed by atoms with Gasteiger partial charge in [0.2, 0.25) is 0 Å². The first kappa shape index (κ1) is 21.8. The maximum Gasteiger partial charge on any atom is 0.311 e. The lowest BCUT2D eigenvalue weighted by Crippen LogP contribution is -2.23. The Hall–Kier alpha value is -2.52. The summed E-state index contributed by atoms with van der Waals surface area (Å²) in [6, 6.07) is 6.53. The van der Waals surface area contributed by atoms with E-state index in [1.807, 2.05) is 0 Å². The highest BCUT2D eigenvalue weighted by atomic mass is 79.9. The van der Waals surface area contributed by atoms with Crippen LogP contribution in [0.25, 0.3) is 0 Å². The standard InChI is InChI=1S/C18H18BrClN4O4/c1-18(2,3)28-12(25)8-9-21-17(27)14-13(19)15(24-23-14)22-16(26)10-6-4-5-7-11(10)20/h4-7,9H,8H2,1-3H3,(H2,22,23,24,26). The smallest absolute Gasteiger partial charge is 0.311 e. The summed E-state index contributed by atoms with van der Waals surface area (Å²) in [5, 5.41) is 9.23. The molecular weight excluding hydrogens is 452 g/mol. The fourth-order valence-corrected chi connectivity index (χ4v) is 2.69. The second-order valence-corrected chi connectivity index (χ2v) is 7.80. The molecule has 148 valence electrons. The van der Waals surface area contributed by atoms with Gasteiger partial charge in [0.15, 0.2) is 5.82 Å². The monoisotopic (exact) mass is 468 g/mol. The number of aromatic amines is 1. The minimum atomic E-state index is -0.666. The lowest BCUT2D eigenvalue weighted by Gasteiger charge is -2.18. The summed E-state index contributed by atoms with van der Waals surface area (Å²) in [7, 11) is 0. The van der Waals surface area contributed by atoms with E-state index in [1.54, 1.807) is 45.0 Å². The van der Waals surface area contributed by atoms with E-state index in [9.17, 15) is 14.4 Å². The van der Waals surface area contributed by atoms with Crippen molar-refractivity contribution in [3.63, 3.8) is 0 Å². The number of hydrogen-bond donors (Lipinski definition) is 2. The number of carbonyl (C=O) groups is 3. The third-order valence-corrected chi connectivity index (χ3v) is 4.26. The van der Waals surface area contributed by atoms with Gasteiger partial charge in [-0.3, -0.25) is 19.5 Å². The Morgan fingerprint density at radius 1 is 1.32 bits per heavy atom. The Bertz CT molecular complexity index is 934. The number of halogens is 2. The van der Waals surface area contributed by atoms with Crippen LogP contribution in [0.3, 0.4) is 0 Å². The van der Waals surface area contributed by atoms with Gasteiger partial charge in [0.25, 0.3) is 11.8 Å². The molecule has 0 saturated heterocycles. The van der Waals surface area contributed by atoms with Crippen LogP contribution in [0.5, 0.6) is 0 Å². The Balaban J connectivity index is 2.03. The van der Waals surface area contributed by atoms with Crippen LogP contribution in [0.1, 0.15) is 48.0 Å². The molecule has 2 aromatic rings. The molecular formula is C18H18BrClN4O4. The molecule has 0 aliphatic rings. The lowest BCUT2D eigenvalue weighted by atomic mass is 10.2. The number of hydrogen-bond acceptors (Lipinski definition) is 5. The molecule has 0 aliphatic heterocycles. The zero-order valence-electron chi connectivity index (χ0n) is 15.4. The topological polar surface area (TPSA) is 114 Å². The van der Waals surface area contributed by atoms with Crippen LogP contribution < -0.4 is 5.32 Å². The summed E-state index contributed by atoms with van der Waals surface area (Å²) >= 11 is 9.20. The van der Waals surface area contributed by atoms with Crippen LogP contribution in [-0.4, -0.2) is 39.8 Å². The van der Waals surface area contributed by atoms with Crippen LogP contribution >= 0.6 is 27.5 Å². The Morgan fingerprint density at radius 3 is 2.64 bits per heavy atom. The Morgan fingerprint density at radius 2 is 2.00 bits per heavy atom. The minimum absolute atomic E-state index is 0.0231. The van der Waals surface area contributed by atoms with Crippen LogP contribution in [0, 0.1) is 0 Å². The van der Waals surface area contributed by atoms with Gasteiger partial charge < -0.3 is 10.1 Å². The fraction of sp³-hybridized carbons (Fsp3) is 0.278. The quantitative estimate of drug-likeness (QED) is 0.507. The van der Waals surface area contributed by atoms with Crippen molar-refractivity contribution in [2.75, 3.05) is 5.32 Å². The van der Waals surface area contributed by atoms with E-state index in [4.69, 9.17) is 16.3 Å². The first-order valence-electron chi connectivity index (χ1n) is 8.17. The number of aromatic nitrogens is 2. The Labute approximate surface area is 174 Å². The van der Waals surface area contributed by atoms with Gasteiger partial charge in [-0.1, -0.05) is 23.7 Å². The molecule has 0 fully saturated rings. The maximum absolute atomic E-state index is 12.3. The van der Waals surface area contributed by atoms with E-state index >= 15 is 0 Å². The van der Waals surface area contributed by atoms with Gasteiger partial charge in [-0.05, 0) is 48.8 Å². The van der Waals surface area contributed by atoms with Gasteiger partial charge in [-0.2, -0.15) is 5.10 Å². The van der Waals surface area contributed by atoms with Gasteiger partial charge in [0, 0.05) is 6.21 Å². The van der Waals surface area contributed by atoms with Gasteiger partial charge in [-0.15, -0.1) is 0 Å². The number of rotatable bonds is 5. The summed E-state index contributed by atoms with van der Waals surface area (Å²) in [4.78, 5) is 39.8. The number of ether oxygens (including phenoxy) is 1. The fourth-order valence-electron chi connectivity index (χ4n) is 2.02. The zero-order chi connectivity index (χ0) is 20.9. The van der Waals surface area contributed by atoms with E-state index in [0.29, 0.717) is 0 Å². The number of esters is 1. The van der Waals surface area contributed by atoms with Crippen molar-refractivity contribution in [3.8, 4) is 0 Å². The largest absolute Gasteiger partial charge is 0.460 e. The molecule has 1 heterocycles. The average molecular weight is 470 g/mol. The summed E-state index contributed by atoms with van der Waals surface area (Å²) < 4.78 is 5.35. The van der Waals surface area contributed by atoms with Crippen LogP contribution in [0.15, 0.2) is 33.7 Å². The second-order valence-electron chi connectivity index (χ2n) is 6.60. The van der Waals surface area contributed by atoms with Crippen molar-refractivity contribution in [2.45, 2.75) is 32.8 Å². The molecule has 8 nitrogen and oxygen atoms in total. The van der Waals surface area contributed by atoms with Crippen molar-refractivity contribution >= 4 is 57.3 Å². The van der Waals surface area contributed by atoms with Gasteiger partial charge >= 0.3 is 5.97 Å². The van der Waals surface area contributed by atoms with Crippen molar-refractivity contribution in [3.05, 3.63) is 45.0 Å². The molecule has 0 spiro atoms. The number of anilines is 1. The predicted octanol–water partition coefficient (Wildman–Crippen LogP) is 4.02. The number of aliphatic imine (C=N–C) groups is 1. The molecule has 28 heavy (non-hydrogen) atoms. The first-order valence-corrected chi connectivity index (χ1v) is 9.34. The summed E-state index contributed by atoms with van der Waals surface area (Å²) in [6.07, 6.45) is 1.01. The van der Waals surface area contributed by atoms with E-state index in [0.717, 1.165) is 6.21 Å². The van der Waals surface area contributed by atoms with Gasteiger partial charge in [-0.25, -0.2) is 4.99 Å². The Kier molecular flexibility index (Phi) is 7.09. The van der Waals surface area contributed by atoms with Gasteiger partial charge in [0.1, 0.15) is 11.3 Å². The molecule has 0 atom stereocenters. The highest BCUT2D eigenvalue weighted by molar-refractivity contribution is 9.10. The second kappa shape index (κ2) is 9.11. The van der Waals surface area contributed by atoms with E-state index in [2.05, 4.69) is 36.4 Å². The van der Waals surface area contributed by atoms with E-state index < -0.39 is 23.4 Å². The number of nitrogens with zero attached hydrogens (tertiary/aromatic N) is 2. The van der Waals surface area contributed by atoms with E-state index in [1.165, 1.54) is 0 Å². The molecule has 2 amide bonds. The molecule has 1 aromatic carbocycles. The third kappa shape index (κ3) is 6.00. The van der Waals surface area contributed by atoms with Crippen LogP contribution in [0.2, 0.25) is 5.02 Å². The van der Waals surface area contributed by atoms with Crippen LogP contribution in [-0.2, 0) is 9.53 Å². The molecule has 2 N–H and O–H groups in total. The molecule has 1 aromatic heterocycles. The molecule has 0 saturated carbocycles. The number of carbonyl (C=O) groups excluding carboxylic acids is 3. The molecule has 0 bridgehead atoms. The van der Waals surface area contributed by atoms with Crippen LogP contribution in [0.4, 0.5) is 5.82 Å². The number of nitrogens with one attached hydrogen (secondary N) is 2. The lowest BCUT2D eigenvalue weighted by molar-refractivity contribution is -0.153. The van der Waals surface area contributed by atoms with E-state index in [-0.39, 0.29) is 33.0 Å². The SMILES string of the molecule is CC(C)(C)OC(=O)CC=NC(=O)c1[nH]nc(NC(=O)c2ccccc2Cl)c1Br. The molecule has 0 aliphatic carbocycles. The molecule has 0 unspecified atom stereocenters. The van der Waals surface area contributed by atoms with Crippen molar-refractivity contribution in [2.24, 2.45) is 4.99 Å². The van der Waals surface area contributed by atoms with Gasteiger partial charge in [0.05, 0.1) is 21.5 Å².